The van der Waals surface area contributed by atoms with Crippen LogP contribution in [0.25, 0.3) is 0 Å². The average molecular weight is 540 g/mol. The Labute approximate surface area is 219 Å². The largest absolute Gasteiger partial charge is 0.480 e. The van der Waals surface area contributed by atoms with Crippen LogP contribution in [0.5, 0.6) is 0 Å². The van der Waals surface area contributed by atoms with Crippen molar-refractivity contribution in [1.29, 1.82) is 0 Å². The molecule has 1 aliphatic heterocycles. The summed E-state index contributed by atoms with van der Waals surface area (Å²) in [5, 5.41) is 20.6. The molecule has 1 fully saturated rings. The van der Waals surface area contributed by atoms with E-state index in [4.69, 9.17) is 11.5 Å². The van der Waals surface area contributed by atoms with E-state index in [-0.39, 0.29) is 37.7 Å². The van der Waals surface area contributed by atoms with E-state index >= 15 is 0 Å². The number of hydrogen-bond donors (Lipinski definition) is 8. The van der Waals surface area contributed by atoms with Crippen molar-refractivity contribution in [3.63, 3.8) is 0 Å². The molecular weight excluding hydrogens is 502 g/mol. The molecule has 1 saturated heterocycles. The first-order chi connectivity index (χ1) is 17.7. The topological polar surface area (TPSA) is 230 Å². The van der Waals surface area contributed by atoms with Crippen molar-refractivity contribution in [2.45, 2.75) is 62.7 Å². The lowest BCUT2D eigenvalue weighted by atomic mass is 10.1. The number of aromatic nitrogens is 2. The average Bonchev–Trinajstić information content (AvgIpc) is 3.57. The van der Waals surface area contributed by atoms with Gasteiger partial charge in [0.15, 0.2) is 5.96 Å². The van der Waals surface area contributed by atoms with E-state index in [1.165, 1.54) is 18.1 Å². The molecule has 37 heavy (non-hydrogen) atoms. The number of carboxylic acid groups (broad SMARTS) is 1. The Morgan fingerprint density at radius 1 is 1.16 bits per heavy atom. The molecule has 4 unspecified atom stereocenters. The Bertz CT molecular complexity index is 918. The van der Waals surface area contributed by atoms with Gasteiger partial charge in [-0.1, -0.05) is 0 Å². The van der Waals surface area contributed by atoms with Crippen molar-refractivity contribution in [3.8, 4) is 0 Å². The predicted octanol–water partition coefficient (Wildman–Crippen LogP) is -1.95. The highest BCUT2D eigenvalue weighted by Gasteiger charge is 2.31. The van der Waals surface area contributed by atoms with Crippen molar-refractivity contribution >= 4 is 41.4 Å². The lowest BCUT2D eigenvalue weighted by Gasteiger charge is -2.25. The number of thioether (sulfide) groups is 1. The Balaban J connectivity index is 2.15. The summed E-state index contributed by atoms with van der Waals surface area (Å²) < 4.78 is 0. The molecule has 2 rings (SSSR count). The predicted molar refractivity (Wildman–Crippen MR) is 140 cm³/mol. The van der Waals surface area contributed by atoms with Gasteiger partial charge in [0, 0.05) is 24.9 Å². The Hall–Kier alpha value is -3.33. The number of carboxylic acids is 1. The van der Waals surface area contributed by atoms with Gasteiger partial charge in [0.2, 0.25) is 17.7 Å². The van der Waals surface area contributed by atoms with Crippen LogP contribution in [0.4, 0.5) is 0 Å². The highest BCUT2D eigenvalue weighted by molar-refractivity contribution is 7.98. The van der Waals surface area contributed by atoms with E-state index in [2.05, 4.69) is 36.2 Å². The molecule has 0 spiro atoms. The van der Waals surface area contributed by atoms with Crippen molar-refractivity contribution < 1.29 is 24.3 Å². The third-order valence-electron chi connectivity index (χ3n) is 5.79. The van der Waals surface area contributed by atoms with Gasteiger partial charge in [-0.3, -0.25) is 19.4 Å². The highest BCUT2D eigenvalue weighted by atomic mass is 32.2. The Morgan fingerprint density at radius 3 is 2.49 bits per heavy atom. The molecule has 1 aromatic rings. The van der Waals surface area contributed by atoms with Crippen molar-refractivity contribution in [3.05, 3.63) is 18.2 Å². The zero-order chi connectivity index (χ0) is 27.2. The molecule has 0 radical (unpaired) electrons. The zero-order valence-corrected chi connectivity index (χ0v) is 21.7. The standard InChI is InChI=1S/C22H37N9O5S/c1-37-9-6-16(21(35)36)30-19(33)15(5-3-8-27-22(23)24)29-20(34)17(10-13-11-25-12-28-13)31-18(32)14-4-2-7-26-14/h11-12,14-17,26H,2-10H2,1H3,(H,25,28)(H,29,34)(H,30,33)(H,31,32)(H,35,36)(H4,23,24,27). The molecule has 4 atom stereocenters. The number of rotatable bonds is 16. The summed E-state index contributed by atoms with van der Waals surface area (Å²) in [5.41, 5.74) is 11.3. The van der Waals surface area contributed by atoms with Gasteiger partial charge in [0.05, 0.1) is 12.4 Å². The summed E-state index contributed by atoms with van der Waals surface area (Å²) in [6.45, 7) is 0.938. The fourth-order valence-corrected chi connectivity index (χ4v) is 4.29. The summed E-state index contributed by atoms with van der Waals surface area (Å²) in [4.78, 5) is 61.5. The number of carbonyl (C=O) groups is 4. The number of imidazole rings is 1. The van der Waals surface area contributed by atoms with E-state index in [0.29, 0.717) is 24.3 Å². The number of H-pyrrole nitrogens is 1. The molecule has 0 aliphatic carbocycles. The van der Waals surface area contributed by atoms with Crippen LogP contribution in [0.15, 0.2) is 17.5 Å². The number of amides is 3. The highest BCUT2D eigenvalue weighted by Crippen LogP contribution is 2.08. The molecule has 206 valence electrons. The fourth-order valence-electron chi connectivity index (χ4n) is 3.82. The van der Waals surface area contributed by atoms with E-state index in [0.717, 1.165) is 13.0 Å². The third-order valence-corrected chi connectivity index (χ3v) is 6.44. The molecular formula is C22H37N9O5S. The molecule has 3 amide bonds. The number of carbonyl (C=O) groups excluding carboxylic acids is 3. The number of guanidine groups is 1. The maximum Gasteiger partial charge on any atom is 0.326 e. The summed E-state index contributed by atoms with van der Waals surface area (Å²) in [5.74, 6) is -2.27. The lowest BCUT2D eigenvalue weighted by molar-refractivity contribution is -0.142. The van der Waals surface area contributed by atoms with Gasteiger partial charge in [0.1, 0.15) is 18.1 Å². The first kappa shape index (κ1) is 29.9. The molecule has 1 aromatic heterocycles. The van der Waals surface area contributed by atoms with Crippen LogP contribution in [-0.4, -0.2) is 94.0 Å². The van der Waals surface area contributed by atoms with Gasteiger partial charge < -0.3 is 42.8 Å². The van der Waals surface area contributed by atoms with Gasteiger partial charge in [-0.25, -0.2) is 9.78 Å². The second-order valence-electron chi connectivity index (χ2n) is 8.68. The van der Waals surface area contributed by atoms with E-state index < -0.39 is 42.0 Å². The first-order valence-corrected chi connectivity index (χ1v) is 13.5. The van der Waals surface area contributed by atoms with Gasteiger partial charge in [-0.2, -0.15) is 11.8 Å². The number of aromatic amines is 1. The van der Waals surface area contributed by atoms with Crippen LogP contribution >= 0.6 is 11.8 Å². The molecule has 14 nitrogen and oxygen atoms in total. The molecule has 0 aromatic carbocycles. The minimum absolute atomic E-state index is 0.101. The SMILES string of the molecule is CSCCC(NC(=O)C(CCCN=C(N)N)NC(=O)C(Cc1cnc[nH]1)NC(=O)C1CCCN1)C(=O)O. The summed E-state index contributed by atoms with van der Waals surface area (Å²) in [6.07, 6.45) is 7.21. The number of aliphatic imine (C=N–C) groups is 1. The smallest absolute Gasteiger partial charge is 0.326 e. The number of nitrogens with one attached hydrogen (secondary N) is 5. The number of aliphatic carboxylic acids is 1. The number of nitrogens with two attached hydrogens (primary N) is 2. The van der Waals surface area contributed by atoms with Gasteiger partial charge in [-0.05, 0) is 50.7 Å². The van der Waals surface area contributed by atoms with E-state index in [1.807, 2.05) is 6.26 Å². The summed E-state index contributed by atoms with van der Waals surface area (Å²) in [7, 11) is 0. The second-order valence-corrected chi connectivity index (χ2v) is 9.67. The number of hydrogen-bond acceptors (Lipinski definition) is 8. The van der Waals surface area contributed by atoms with Crippen LogP contribution in [0.3, 0.4) is 0 Å². The first-order valence-electron chi connectivity index (χ1n) is 12.1. The molecule has 0 bridgehead atoms. The Kier molecular flexibility index (Phi) is 12.7. The molecule has 2 heterocycles. The van der Waals surface area contributed by atoms with Crippen LogP contribution in [0, 0.1) is 0 Å². The lowest BCUT2D eigenvalue weighted by Crippen LogP contribution is -2.57. The van der Waals surface area contributed by atoms with Crippen LogP contribution in [0.1, 0.15) is 37.8 Å². The van der Waals surface area contributed by atoms with Crippen LogP contribution in [-0.2, 0) is 25.6 Å². The Morgan fingerprint density at radius 2 is 1.89 bits per heavy atom. The van der Waals surface area contributed by atoms with Crippen molar-refractivity contribution in [1.82, 2.24) is 31.2 Å². The molecule has 0 saturated carbocycles. The summed E-state index contributed by atoms with van der Waals surface area (Å²) >= 11 is 1.46. The quantitative estimate of drug-likeness (QED) is 0.0657. The van der Waals surface area contributed by atoms with Gasteiger partial charge in [-0.15, -0.1) is 0 Å². The summed E-state index contributed by atoms with van der Waals surface area (Å²) in [6, 6.07) is -3.56. The maximum absolute atomic E-state index is 13.3. The van der Waals surface area contributed by atoms with E-state index in [1.54, 1.807) is 6.20 Å². The van der Waals surface area contributed by atoms with E-state index in [9.17, 15) is 24.3 Å². The third kappa shape index (κ3) is 10.7. The number of nitrogens with zero attached hydrogens (tertiary/aromatic N) is 2. The van der Waals surface area contributed by atoms with Crippen LogP contribution in [0.2, 0.25) is 0 Å². The minimum atomic E-state index is -1.17. The minimum Gasteiger partial charge on any atom is -0.480 e. The van der Waals surface area contributed by atoms with Gasteiger partial charge in [0.25, 0.3) is 0 Å². The zero-order valence-electron chi connectivity index (χ0n) is 20.9. The van der Waals surface area contributed by atoms with Gasteiger partial charge >= 0.3 is 5.97 Å². The maximum atomic E-state index is 13.3. The fraction of sp³-hybridized carbons (Fsp3) is 0.636. The normalized spacial score (nSPS) is 17.3. The molecule has 15 heteroatoms. The van der Waals surface area contributed by atoms with Crippen molar-refractivity contribution in [2.75, 3.05) is 25.1 Å². The monoisotopic (exact) mass is 539 g/mol. The molecule has 1 aliphatic rings. The second kappa shape index (κ2) is 15.7. The van der Waals surface area contributed by atoms with Crippen LogP contribution < -0.4 is 32.7 Å². The van der Waals surface area contributed by atoms with Crippen molar-refractivity contribution in [2.24, 2.45) is 16.5 Å². The molecule has 10 N–H and O–H groups in total.